The number of rotatable bonds is 3. The van der Waals surface area contributed by atoms with Gasteiger partial charge in [-0.3, -0.25) is 9.59 Å². The van der Waals surface area contributed by atoms with E-state index in [1.165, 1.54) is 23.4 Å². The van der Waals surface area contributed by atoms with Crippen LogP contribution in [0.3, 0.4) is 0 Å². The second-order valence-corrected chi connectivity index (χ2v) is 9.03. The van der Waals surface area contributed by atoms with Crippen LogP contribution >= 0.6 is 12.4 Å². The molecule has 2 aliphatic heterocycles. The number of benzene rings is 1. The summed E-state index contributed by atoms with van der Waals surface area (Å²) >= 11 is 0. The molecule has 2 amide bonds. The first-order chi connectivity index (χ1) is 12.8. The van der Waals surface area contributed by atoms with Crippen molar-refractivity contribution in [1.29, 1.82) is 0 Å². The van der Waals surface area contributed by atoms with Crippen molar-refractivity contribution in [3.63, 3.8) is 0 Å². The standard InChI is InChI=1S/C18H26N4O4S.ClH/c1-14(23)20-8-10-22(11-9-20)27(25,26)17-6-2-4-15(12-17)18(24)21-7-3-5-16(19)13-21;/h2,4,6,12,16H,3,5,7-11,13,19H2,1H3;1H. The number of nitrogens with zero attached hydrogens (tertiary/aromatic N) is 3. The lowest BCUT2D eigenvalue weighted by Crippen LogP contribution is -2.50. The van der Waals surface area contributed by atoms with Crippen molar-refractivity contribution in [3.8, 4) is 0 Å². The van der Waals surface area contributed by atoms with E-state index in [0.717, 1.165) is 12.8 Å². The first-order valence-corrected chi connectivity index (χ1v) is 10.6. The molecule has 3 rings (SSSR count). The van der Waals surface area contributed by atoms with Crippen LogP contribution in [-0.4, -0.2) is 79.6 Å². The Bertz CT molecular complexity index is 825. The summed E-state index contributed by atoms with van der Waals surface area (Å²) in [4.78, 5) is 27.6. The Morgan fingerprint density at radius 2 is 1.75 bits per heavy atom. The quantitative estimate of drug-likeness (QED) is 0.753. The van der Waals surface area contributed by atoms with Crippen molar-refractivity contribution in [1.82, 2.24) is 14.1 Å². The molecule has 0 bridgehead atoms. The Hall–Kier alpha value is -1.68. The van der Waals surface area contributed by atoms with E-state index in [0.29, 0.717) is 31.7 Å². The summed E-state index contributed by atoms with van der Waals surface area (Å²) in [6.07, 6.45) is 1.75. The number of hydrogen-bond acceptors (Lipinski definition) is 5. The monoisotopic (exact) mass is 430 g/mol. The summed E-state index contributed by atoms with van der Waals surface area (Å²) in [7, 11) is -3.71. The molecule has 2 saturated heterocycles. The molecule has 0 spiro atoms. The van der Waals surface area contributed by atoms with Gasteiger partial charge in [0.15, 0.2) is 0 Å². The predicted octanol–water partition coefficient (Wildman–Crippen LogP) is 0.525. The van der Waals surface area contributed by atoms with Crippen LogP contribution in [0.4, 0.5) is 0 Å². The Balaban J connectivity index is 0.00000280. The molecule has 1 aromatic carbocycles. The minimum atomic E-state index is -3.71. The van der Waals surface area contributed by atoms with Gasteiger partial charge < -0.3 is 15.5 Å². The number of carbonyl (C=O) groups is 2. The van der Waals surface area contributed by atoms with Crippen LogP contribution in [0.15, 0.2) is 29.2 Å². The molecule has 2 N–H and O–H groups in total. The molecule has 0 aliphatic carbocycles. The summed E-state index contributed by atoms with van der Waals surface area (Å²) in [5.41, 5.74) is 6.30. The molecular weight excluding hydrogens is 404 g/mol. The number of nitrogens with two attached hydrogens (primary N) is 1. The van der Waals surface area contributed by atoms with E-state index in [1.54, 1.807) is 21.9 Å². The molecule has 1 unspecified atom stereocenters. The zero-order chi connectivity index (χ0) is 19.6. The number of piperidine rings is 1. The average Bonchev–Trinajstić information content (AvgIpc) is 2.67. The van der Waals surface area contributed by atoms with Gasteiger partial charge in [-0.25, -0.2) is 8.42 Å². The van der Waals surface area contributed by atoms with Crippen LogP contribution in [0.1, 0.15) is 30.1 Å². The van der Waals surface area contributed by atoms with Gasteiger partial charge in [-0.05, 0) is 31.0 Å². The lowest BCUT2D eigenvalue weighted by molar-refractivity contribution is -0.129. The molecule has 156 valence electrons. The normalized spacial score (nSPS) is 21.1. The third-order valence-corrected chi connectivity index (χ3v) is 7.04. The Labute approximate surface area is 172 Å². The zero-order valence-corrected chi connectivity index (χ0v) is 17.5. The van der Waals surface area contributed by atoms with Crippen LogP contribution in [0.5, 0.6) is 0 Å². The SMILES string of the molecule is CC(=O)N1CCN(S(=O)(=O)c2cccc(C(=O)N3CCCC(N)C3)c2)CC1.Cl. The summed E-state index contributed by atoms with van der Waals surface area (Å²) < 4.78 is 27.3. The third-order valence-electron chi connectivity index (χ3n) is 5.15. The summed E-state index contributed by atoms with van der Waals surface area (Å²) in [5, 5.41) is 0. The highest BCUT2D eigenvalue weighted by Gasteiger charge is 2.30. The highest BCUT2D eigenvalue weighted by atomic mass is 35.5. The number of sulfonamides is 1. The minimum absolute atomic E-state index is 0. The topological polar surface area (TPSA) is 104 Å². The fraction of sp³-hybridized carbons (Fsp3) is 0.556. The number of piperazine rings is 1. The maximum atomic E-state index is 12.9. The first-order valence-electron chi connectivity index (χ1n) is 9.19. The van der Waals surface area contributed by atoms with E-state index in [4.69, 9.17) is 5.73 Å². The highest BCUT2D eigenvalue weighted by Crippen LogP contribution is 2.21. The van der Waals surface area contributed by atoms with E-state index in [-0.39, 0.29) is 48.2 Å². The van der Waals surface area contributed by atoms with Crippen LogP contribution in [0.2, 0.25) is 0 Å². The number of hydrogen-bond donors (Lipinski definition) is 1. The fourth-order valence-electron chi connectivity index (χ4n) is 3.56. The van der Waals surface area contributed by atoms with Crippen molar-refractivity contribution in [2.45, 2.75) is 30.7 Å². The largest absolute Gasteiger partial charge is 0.340 e. The van der Waals surface area contributed by atoms with Crippen molar-refractivity contribution in [2.24, 2.45) is 5.73 Å². The molecule has 1 aromatic rings. The van der Waals surface area contributed by atoms with Crippen LogP contribution < -0.4 is 5.73 Å². The van der Waals surface area contributed by atoms with Crippen LogP contribution in [-0.2, 0) is 14.8 Å². The predicted molar refractivity (Wildman–Crippen MR) is 108 cm³/mol. The molecule has 2 aliphatic rings. The Morgan fingerprint density at radius 3 is 2.36 bits per heavy atom. The molecule has 2 heterocycles. The maximum Gasteiger partial charge on any atom is 0.253 e. The molecule has 2 fully saturated rings. The van der Waals surface area contributed by atoms with Crippen molar-refractivity contribution in [2.75, 3.05) is 39.3 Å². The lowest BCUT2D eigenvalue weighted by atomic mass is 10.1. The summed E-state index contributed by atoms with van der Waals surface area (Å²) in [6.45, 7) is 3.85. The lowest BCUT2D eigenvalue weighted by Gasteiger charge is -2.33. The Kier molecular flexibility index (Phi) is 7.44. The van der Waals surface area contributed by atoms with E-state index >= 15 is 0 Å². The number of carbonyl (C=O) groups excluding carboxylic acids is 2. The Morgan fingerprint density at radius 1 is 1.07 bits per heavy atom. The zero-order valence-electron chi connectivity index (χ0n) is 15.9. The third kappa shape index (κ3) is 4.83. The van der Waals surface area contributed by atoms with Gasteiger partial charge in [-0.15, -0.1) is 12.4 Å². The van der Waals surface area contributed by atoms with Crippen molar-refractivity contribution < 1.29 is 18.0 Å². The molecule has 8 nitrogen and oxygen atoms in total. The van der Waals surface area contributed by atoms with Gasteiger partial charge in [-0.1, -0.05) is 6.07 Å². The van der Waals surface area contributed by atoms with Gasteiger partial charge in [0.2, 0.25) is 15.9 Å². The van der Waals surface area contributed by atoms with Gasteiger partial charge in [-0.2, -0.15) is 4.31 Å². The van der Waals surface area contributed by atoms with E-state index in [9.17, 15) is 18.0 Å². The van der Waals surface area contributed by atoms with Gasteiger partial charge >= 0.3 is 0 Å². The van der Waals surface area contributed by atoms with Crippen LogP contribution in [0.25, 0.3) is 0 Å². The molecule has 1 atom stereocenters. The number of likely N-dealkylation sites (tertiary alicyclic amines) is 1. The first kappa shape index (κ1) is 22.6. The number of halogens is 1. The van der Waals surface area contributed by atoms with E-state index < -0.39 is 10.0 Å². The minimum Gasteiger partial charge on any atom is -0.340 e. The molecule has 0 saturated carbocycles. The summed E-state index contributed by atoms with van der Waals surface area (Å²) in [6, 6.07) is 6.14. The second-order valence-electron chi connectivity index (χ2n) is 7.09. The molecule has 0 aromatic heterocycles. The van der Waals surface area contributed by atoms with Gasteiger partial charge in [0, 0.05) is 57.8 Å². The van der Waals surface area contributed by atoms with E-state index in [2.05, 4.69) is 0 Å². The number of amides is 2. The smallest absolute Gasteiger partial charge is 0.253 e. The van der Waals surface area contributed by atoms with Gasteiger partial charge in [0.05, 0.1) is 4.90 Å². The molecule has 28 heavy (non-hydrogen) atoms. The van der Waals surface area contributed by atoms with Crippen molar-refractivity contribution in [3.05, 3.63) is 29.8 Å². The molecule has 10 heteroatoms. The maximum absolute atomic E-state index is 12.9. The highest BCUT2D eigenvalue weighted by molar-refractivity contribution is 7.89. The van der Waals surface area contributed by atoms with Gasteiger partial charge in [0.25, 0.3) is 5.91 Å². The fourth-order valence-corrected chi connectivity index (χ4v) is 5.03. The van der Waals surface area contributed by atoms with Crippen molar-refractivity contribution >= 4 is 34.2 Å². The second kappa shape index (κ2) is 9.21. The van der Waals surface area contributed by atoms with Gasteiger partial charge in [0.1, 0.15) is 0 Å². The van der Waals surface area contributed by atoms with E-state index in [1.807, 2.05) is 0 Å². The summed E-state index contributed by atoms with van der Waals surface area (Å²) in [5.74, 6) is -0.247. The molecule has 0 radical (unpaired) electrons. The average molecular weight is 431 g/mol. The van der Waals surface area contributed by atoms with Crippen LogP contribution in [0, 0.1) is 0 Å². The molecular formula is C18H27ClN4O4S.